The molecule has 3 rings (SSSR count). The molecule has 3 heteroatoms. The van der Waals surface area contributed by atoms with Crippen molar-refractivity contribution in [1.82, 2.24) is 4.90 Å². The summed E-state index contributed by atoms with van der Waals surface area (Å²) in [7, 11) is 0. The van der Waals surface area contributed by atoms with Crippen LogP contribution in [0.4, 0.5) is 0 Å². The summed E-state index contributed by atoms with van der Waals surface area (Å²) in [6.45, 7) is 1.01. The summed E-state index contributed by atoms with van der Waals surface area (Å²) in [5, 5.41) is 0. The van der Waals surface area contributed by atoms with Gasteiger partial charge in [-0.15, -0.1) is 0 Å². The first-order chi connectivity index (χ1) is 8.75. The fourth-order valence-corrected chi connectivity index (χ4v) is 4.37. The van der Waals surface area contributed by atoms with E-state index in [1.807, 2.05) is 0 Å². The Morgan fingerprint density at radius 2 is 1.78 bits per heavy atom. The van der Waals surface area contributed by atoms with E-state index in [4.69, 9.17) is 5.73 Å². The molecule has 3 nitrogen and oxygen atoms in total. The predicted octanol–water partition coefficient (Wildman–Crippen LogP) is 2.29. The Hall–Kier alpha value is -0.570. The first-order valence-corrected chi connectivity index (χ1v) is 7.82. The van der Waals surface area contributed by atoms with Crippen LogP contribution in [0.1, 0.15) is 57.8 Å². The lowest BCUT2D eigenvalue weighted by molar-refractivity contribution is -0.137. The maximum Gasteiger partial charge on any atom is 0.225 e. The minimum Gasteiger partial charge on any atom is -0.339 e. The predicted molar refractivity (Wildman–Crippen MR) is 72.0 cm³/mol. The van der Waals surface area contributed by atoms with Gasteiger partial charge in [-0.25, -0.2) is 0 Å². The number of hydrogen-bond donors (Lipinski definition) is 1. The molecule has 0 aromatic heterocycles. The fraction of sp³-hybridized carbons (Fsp3) is 0.933. The third kappa shape index (κ3) is 2.29. The molecule has 0 bridgehead atoms. The van der Waals surface area contributed by atoms with Gasteiger partial charge in [-0.3, -0.25) is 4.79 Å². The average molecular weight is 250 g/mol. The van der Waals surface area contributed by atoms with Crippen LogP contribution in [0.3, 0.4) is 0 Å². The molecule has 2 aliphatic carbocycles. The molecule has 3 fully saturated rings. The minimum atomic E-state index is 0.238. The average Bonchev–Trinajstić information content (AvgIpc) is 3.08. The van der Waals surface area contributed by atoms with E-state index in [2.05, 4.69) is 4.90 Å². The standard InChI is InChI=1S/C15H26N2O/c16-13-8-7-12(10-13)15(18)17-9-3-6-14(17)11-4-1-2-5-11/h11-14H,1-10,16H2/t12-,13+,14-/m0/s1. The molecule has 0 aromatic rings. The SMILES string of the molecule is N[C@@H]1CC[C@H](C(=O)N2CCC[C@H]2C2CCCC2)C1. The summed E-state index contributed by atoms with van der Waals surface area (Å²) in [4.78, 5) is 14.9. The van der Waals surface area contributed by atoms with Crippen LogP contribution in [-0.4, -0.2) is 29.4 Å². The minimum absolute atomic E-state index is 0.238. The van der Waals surface area contributed by atoms with Crippen LogP contribution in [0.2, 0.25) is 0 Å². The number of likely N-dealkylation sites (tertiary alicyclic amines) is 1. The molecule has 0 aromatic carbocycles. The Morgan fingerprint density at radius 1 is 1.00 bits per heavy atom. The van der Waals surface area contributed by atoms with E-state index in [1.165, 1.54) is 38.5 Å². The van der Waals surface area contributed by atoms with Gasteiger partial charge in [0.05, 0.1) is 0 Å². The Morgan fingerprint density at radius 3 is 2.44 bits per heavy atom. The molecule has 2 N–H and O–H groups in total. The molecule has 0 radical (unpaired) electrons. The molecular weight excluding hydrogens is 224 g/mol. The van der Waals surface area contributed by atoms with Gasteiger partial charge in [0.15, 0.2) is 0 Å². The van der Waals surface area contributed by atoms with Crippen LogP contribution in [0, 0.1) is 11.8 Å². The molecule has 18 heavy (non-hydrogen) atoms. The zero-order valence-corrected chi connectivity index (χ0v) is 11.3. The number of carbonyl (C=O) groups is 1. The van der Waals surface area contributed by atoms with Crippen molar-refractivity contribution in [2.45, 2.75) is 69.9 Å². The molecule has 0 spiro atoms. The zero-order chi connectivity index (χ0) is 12.5. The van der Waals surface area contributed by atoms with Crippen LogP contribution < -0.4 is 5.73 Å². The molecule has 1 saturated heterocycles. The van der Waals surface area contributed by atoms with Crippen molar-refractivity contribution < 1.29 is 4.79 Å². The highest BCUT2D eigenvalue weighted by Crippen LogP contribution is 2.37. The lowest BCUT2D eigenvalue weighted by atomic mass is 9.95. The summed E-state index contributed by atoms with van der Waals surface area (Å²) in [5.41, 5.74) is 5.95. The molecule has 1 heterocycles. The number of amides is 1. The largest absolute Gasteiger partial charge is 0.339 e. The number of carbonyl (C=O) groups excluding carboxylic acids is 1. The van der Waals surface area contributed by atoms with E-state index in [-0.39, 0.29) is 12.0 Å². The quantitative estimate of drug-likeness (QED) is 0.817. The third-order valence-corrected chi connectivity index (χ3v) is 5.35. The van der Waals surface area contributed by atoms with E-state index in [0.717, 1.165) is 31.7 Å². The maximum absolute atomic E-state index is 12.6. The summed E-state index contributed by atoms with van der Waals surface area (Å²) in [6, 6.07) is 0.836. The van der Waals surface area contributed by atoms with Gasteiger partial charge in [0.1, 0.15) is 0 Å². The Kier molecular flexibility index (Phi) is 3.60. The monoisotopic (exact) mass is 250 g/mol. The van der Waals surface area contributed by atoms with Gasteiger partial charge in [-0.1, -0.05) is 12.8 Å². The lowest BCUT2D eigenvalue weighted by Crippen LogP contribution is -2.42. The van der Waals surface area contributed by atoms with Crippen molar-refractivity contribution in [2.24, 2.45) is 17.6 Å². The molecule has 3 atom stereocenters. The summed E-state index contributed by atoms with van der Waals surface area (Å²) >= 11 is 0. The molecule has 102 valence electrons. The van der Waals surface area contributed by atoms with Crippen molar-refractivity contribution in [1.29, 1.82) is 0 Å². The molecule has 1 amide bonds. The van der Waals surface area contributed by atoms with E-state index >= 15 is 0 Å². The Labute approximate surface area is 110 Å². The van der Waals surface area contributed by atoms with Crippen molar-refractivity contribution >= 4 is 5.91 Å². The van der Waals surface area contributed by atoms with Gasteiger partial charge in [-0.2, -0.15) is 0 Å². The van der Waals surface area contributed by atoms with Crippen molar-refractivity contribution in [3.63, 3.8) is 0 Å². The van der Waals surface area contributed by atoms with E-state index in [0.29, 0.717) is 11.9 Å². The first-order valence-electron chi connectivity index (χ1n) is 7.82. The van der Waals surface area contributed by atoms with Crippen molar-refractivity contribution in [3.05, 3.63) is 0 Å². The van der Waals surface area contributed by atoms with E-state index in [9.17, 15) is 4.79 Å². The molecule has 3 aliphatic rings. The summed E-state index contributed by atoms with van der Waals surface area (Å²) < 4.78 is 0. The van der Waals surface area contributed by atoms with E-state index in [1.54, 1.807) is 0 Å². The summed E-state index contributed by atoms with van der Waals surface area (Å²) in [5.74, 6) is 1.46. The smallest absolute Gasteiger partial charge is 0.225 e. The number of nitrogens with two attached hydrogens (primary N) is 1. The summed E-state index contributed by atoms with van der Waals surface area (Å²) in [6.07, 6.45) is 10.9. The third-order valence-electron chi connectivity index (χ3n) is 5.35. The van der Waals surface area contributed by atoms with Gasteiger partial charge < -0.3 is 10.6 Å². The number of rotatable bonds is 2. The molecular formula is C15H26N2O. The van der Waals surface area contributed by atoms with Crippen LogP contribution >= 0.6 is 0 Å². The molecule has 0 unspecified atom stereocenters. The van der Waals surface area contributed by atoms with Crippen LogP contribution in [-0.2, 0) is 4.79 Å². The van der Waals surface area contributed by atoms with Crippen LogP contribution in [0.5, 0.6) is 0 Å². The second-order valence-corrected chi connectivity index (χ2v) is 6.56. The molecule has 2 saturated carbocycles. The van der Waals surface area contributed by atoms with Crippen molar-refractivity contribution in [2.75, 3.05) is 6.54 Å². The van der Waals surface area contributed by atoms with Crippen LogP contribution in [0.15, 0.2) is 0 Å². The highest BCUT2D eigenvalue weighted by atomic mass is 16.2. The Bertz CT molecular complexity index is 312. The van der Waals surface area contributed by atoms with Gasteiger partial charge in [0, 0.05) is 24.5 Å². The number of nitrogens with zero attached hydrogens (tertiary/aromatic N) is 1. The number of hydrogen-bond acceptors (Lipinski definition) is 2. The van der Waals surface area contributed by atoms with E-state index < -0.39 is 0 Å². The first kappa shape index (κ1) is 12.5. The second-order valence-electron chi connectivity index (χ2n) is 6.56. The molecule has 1 aliphatic heterocycles. The fourth-order valence-electron chi connectivity index (χ4n) is 4.37. The normalized spacial score (nSPS) is 37.6. The Balaban J connectivity index is 1.64. The highest BCUT2D eigenvalue weighted by Gasteiger charge is 2.39. The van der Waals surface area contributed by atoms with Gasteiger partial charge in [-0.05, 0) is 50.9 Å². The maximum atomic E-state index is 12.6. The topological polar surface area (TPSA) is 46.3 Å². The van der Waals surface area contributed by atoms with Crippen LogP contribution in [0.25, 0.3) is 0 Å². The zero-order valence-electron chi connectivity index (χ0n) is 11.3. The van der Waals surface area contributed by atoms with Gasteiger partial charge in [0.2, 0.25) is 5.91 Å². The second kappa shape index (κ2) is 5.20. The lowest BCUT2D eigenvalue weighted by Gasteiger charge is -2.31. The van der Waals surface area contributed by atoms with Gasteiger partial charge >= 0.3 is 0 Å². The highest BCUT2D eigenvalue weighted by molar-refractivity contribution is 5.79. The van der Waals surface area contributed by atoms with Crippen molar-refractivity contribution in [3.8, 4) is 0 Å². The van der Waals surface area contributed by atoms with Gasteiger partial charge in [0.25, 0.3) is 0 Å².